The maximum absolute atomic E-state index is 13.4. The van der Waals surface area contributed by atoms with E-state index in [0.717, 1.165) is 49.3 Å². The van der Waals surface area contributed by atoms with Crippen LogP contribution in [0.2, 0.25) is 0 Å². The first-order valence-corrected chi connectivity index (χ1v) is 12.3. The summed E-state index contributed by atoms with van der Waals surface area (Å²) >= 11 is 0. The summed E-state index contributed by atoms with van der Waals surface area (Å²) < 4.78 is 29.1. The molecule has 0 atom stereocenters. The molecule has 6 nitrogen and oxygen atoms in total. The number of hydrogen-bond donors (Lipinski definition) is 2. The Labute approximate surface area is 213 Å². The Hall–Kier alpha value is -4.07. The lowest BCUT2D eigenvalue weighted by molar-refractivity contribution is 0.0174. The fourth-order valence-corrected chi connectivity index (χ4v) is 4.97. The molecule has 1 aromatic heterocycles. The normalized spacial score (nSPS) is 14.2. The second-order valence-electron chi connectivity index (χ2n) is 9.60. The first-order valence-electron chi connectivity index (χ1n) is 12.3. The number of carbonyl (C=O) groups is 2. The van der Waals surface area contributed by atoms with Gasteiger partial charge in [0.25, 0.3) is 11.8 Å². The molecule has 8 heteroatoms. The number of rotatable bonds is 7. The molecular weight excluding hydrogens is 476 g/mol. The maximum Gasteiger partial charge on any atom is 0.335 e. The van der Waals surface area contributed by atoms with E-state index in [2.05, 4.69) is 9.88 Å². The Bertz CT molecular complexity index is 1470. The lowest BCUT2D eigenvalue weighted by atomic mass is 10.1. The number of halogens is 2. The molecule has 1 amide bonds. The molecule has 0 radical (unpaired) electrons. The molecule has 1 aliphatic carbocycles. The van der Waals surface area contributed by atoms with Crippen LogP contribution in [0.25, 0.3) is 22.4 Å². The van der Waals surface area contributed by atoms with Crippen LogP contribution in [0.4, 0.5) is 8.78 Å². The standard InChI is InChI=1S/C29H27F2N3O3/c1-29(30,31)22-12-9-18(10-13-22)17-32-27(35)20-6-4-5-19(15-20)26-33-24-16-21(28(36)37)11-14-25(24)34(26)23-7-2-3-8-23/h4-6,9-16,23H,2-3,7-8,17H2,1H3,(H,32,35)(H,36,37). The number of imidazole rings is 1. The van der Waals surface area contributed by atoms with Crippen molar-refractivity contribution < 1.29 is 23.5 Å². The van der Waals surface area contributed by atoms with Crippen molar-refractivity contribution >= 4 is 22.9 Å². The number of hydrogen-bond acceptors (Lipinski definition) is 3. The van der Waals surface area contributed by atoms with E-state index >= 15 is 0 Å². The fraction of sp³-hybridized carbons (Fsp3) is 0.276. The summed E-state index contributed by atoms with van der Waals surface area (Å²) in [4.78, 5) is 29.2. The molecule has 0 saturated heterocycles. The van der Waals surface area contributed by atoms with E-state index in [4.69, 9.17) is 4.98 Å². The van der Waals surface area contributed by atoms with Gasteiger partial charge in [0, 0.05) is 36.2 Å². The van der Waals surface area contributed by atoms with Gasteiger partial charge >= 0.3 is 5.97 Å². The Balaban J connectivity index is 1.42. The molecule has 0 bridgehead atoms. The monoisotopic (exact) mass is 503 g/mol. The first kappa shape index (κ1) is 24.6. The van der Waals surface area contributed by atoms with Gasteiger partial charge in [-0.1, -0.05) is 49.2 Å². The van der Waals surface area contributed by atoms with E-state index in [1.165, 1.54) is 12.1 Å². The summed E-state index contributed by atoms with van der Waals surface area (Å²) in [6, 6.07) is 18.3. The highest BCUT2D eigenvalue weighted by Gasteiger charge is 2.25. The molecule has 1 fully saturated rings. The van der Waals surface area contributed by atoms with Crippen LogP contribution >= 0.6 is 0 Å². The van der Waals surface area contributed by atoms with Crippen molar-refractivity contribution in [1.29, 1.82) is 0 Å². The molecule has 1 saturated carbocycles. The van der Waals surface area contributed by atoms with Crippen molar-refractivity contribution in [3.8, 4) is 11.4 Å². The summed E-state index contributed by atoms with van der Waals surface area (Å²) in [6.45, 7) is 1.06. The summed E-state index contributed by atoms with van der Waals surface area (Å²) in [7, 11) is 0. The largest absolute Gasteiger partial charge is 0.478 e. The third-order valence-corrected chi connectivity index (χ3v) is 6.92. The molecule has 1 heterocycles. The van der Waals surface area contributed by atoms with Crippen molar-refractivity contribution in [1.82, 2.24) is 14.9 Å². The lowest BCUT2D eigenvalue weighted by Gasteiger charge is -2.17. The summed E-state index contributed by atoms with van der Waals surface area (Å²) in [5, 5.41) is 12.3. The molecule has 1 aliphatic rings. The molecule has 0 spiro atoms. The maximum atomic E-state index is 13.4. The van der Waals surface area contributed by atoms with Gasteiger partial charge in [-0.2, -0.15) is 0 Å². The van der Waals surface area contributed by atoms with Gasteiger partial charge in [-0.3, -0.25) is 4.79 Å². The first-order chi connectivity index (χ1) is 17.7. The van der Waals surface area contributed by atoms with Crippen molar-refractivity contribution in [3.05, 3.63) is 89.0 Å². The number of carbonyl (C=O) groups excluding carboxylic acids is 1. The average Bonchev–Trinajstić information content (AvgIpc) is 3.54. The van der Waals surface area contributed by atoms with E-state index < -0.39 is 11.9 Å². The van der Waals surface area contributed by atoms with Gasteiger partial charge in [0.1, 0.15) is 5.82 Å². The van der Waals surface area contributed by atoms with Crippen LogP contribution in [-0.2, 0) is 12.5 Å². The zero-order valence-electron chi connectivity index (χ0n) is 20.4. The van der Waals surface area contributed by atoms with Gasteiger partial charge in [-0.05, 0) is 48.7 Å². The molecular formula is C29H27F2N3O3. The smallest absolute Gasteiger partial charge is 0.335 e. The second-order valence-corrected chi connectivity index (χ2v) is 9.60. The third-order valence-electron chi connectivity index (χ3n) is 6.92. The van der Waals surface area contributed by atoms with Crippen LogP contribution in [-0.4, -0.2) is 26.5 Å². The molecule has 0 unspecified atom stereocenters. The Morgan fingerprint density at radius 2 is 1.76 bits per heavy atom. The summed E-state index contributed by atoms with van der Waals surface area (Å²) in [5.41, 5.74) is 3.53. The highest BCUT2D eigenvalue weighted by molar-refractivity contribution is 5.96. The van der Waals surface area contributed by atoms with E-state index in [0.29, 0.717) is 16.9 Å². The minimum atomic E-state index is -2.91. The van der Waals surface area contributed by atoms with Gasteiger partial charge in [-0.15, -0.1) is 0 Å². The Morgan fingerprint density at radius 1 is 1.03 bits per heavy atom. The highest BCUT2D eigenvalue weighted by Crippen LogP contribution is 2.37. The van der Waals surface area contributed by atoms with Crippen LogP contribution < -0.4 is 5.32 Å². The zero-order chi connectivity index (χ0) is 26.2. The van der Waals surface area contributed by atoms with Crippen LogP contribution in [0.3, 0.4) is 0 Å². The molecule has 4 aromatic rings. The van der Waals surface area contributed by atoms with Crippen LogP contribution in [0.5, 0.6) is 0 Å². The van der Waals surface area contributed by atoms with Crippen LogP contribution in [0, 0.1) is 0 Å². The highest BCUT2D eigenvalue weighted by atomic mass is 19.3. The average molecular weight is 504 g/mol. The SMILES string of the molecule is CC(F)(F)c1ccc(CNC(=O)c2cccc(-c3nc4cc(C(=O)O)ccc4n3C3CCCC3)c2)cc1. The molecule has 0 aliphatic heterocycles. The van der Waals surface area contributed by atoms with Crippen molar-refractivity contribution in [3.63, 3.8) is 0 Å². The van der Waals surface area contributed by atoms with Gasteiger partial charge < -0.3 is 15.0 Å². The quantitative estimate of drug-likeness (QED) is 0.299. The van der Waals surface area contributed by atoms with Crippen molar-refractivity contribution in [2.24, 2.45) is 0 Å². The molecule has 37 heavy (non-hydrogen) atoms. The Kier molecular flexibility index (Phi) is 6.50. The van der Waals surface area contributed by atoms with Crippen molar-refractivity contribution in [2.45, 2.75) is 51.1 Å². The topological polar surface area (TPSA) is 84.2 Å². The number of carboxylic acids is 1. The Morgan fingerprint density at radius 3 is 2.43 bits per heavy atom. The minimum Gasteiger partial charge on any atom is -0.478 e. The number of amides is 1. The van der Waals surface area contributed by atoms with Gasteiger partial charge in [0.15, 0.2) is 0 Å². The second kappa shape index (κ2) is 9.76. The van der Waals surface area contributed by atoms with E-state index in [-0.39, 0.29) is 29.6 Å². The van der Waals surface area contributed by atoms with Gasteiger partial charge in [-0.25, -0.2) is 18.6 Å². The van der Waals surface area contributed by atoms with E-state index in [9.17, 15) is 23.5 Å². The van der Waals surface area contributed by atoms with Crippen LogP contribution in [0.15, 0.2) is 66.7 Å². The minimum absolute atomic E-state index is 0.0732. The lowest BCUT2D eigenvalue weighted by Crippen LogP contribution is -2.23. The molecule has 2 N–H and O–H groups in total. The third kappa shape index (κ3) is 5.09. The number of nitrogens with zero attached hydrogens (tertiary/aromatic N) is 2. The molecule has 3 aromatic carbocycles. The fourth-order valence-electron chi connectivity index (χ4n) is 4.97. The van der Waals surface area contributed by atoms with Crippen LogP contribution in [0.1, 0.15) is 70.5 Å². The number of carboxylic acid groups (broad SMARTS) is 1. The number of alkyl halides is 2. The summed E-state index contributed by atoms with van der Waals surface area (Å²) in [6.07, 6.45) is 4.27. The van der Waals surface area contributed by atoms with E-state index in [1.54, 1.807) is 42.5 Å². The molecule has 190 valence electrons. The number of nitrogens with one attached hydrogen (secondary N) is 1. The number of benzene rings is 3. The summed E-state index contributed by atoms with van der Waals surface area (Å²) in [5.74, 6) is -3.50. The predicted octanol–water partition coefficient (Wildman–Crippen LogP) is 6.56. The number of fused-ring (bicyclic) bond motifs is 1. The zero-order valence-corrected chi connectivity index (χ0v) is 20.4. The molecule has 5 rings (SSSR count). The van der Waals surface area contributed by atoms with E-state index in [1.807, 2.05) is 12.1 Å². The van der Waals surface area contributed by atoms with Crippen molar-refractivity contribution in [2.75, 3.05) is 0 Å². The number of aromatic nitrogens is 2. The number of aromatic carboxylic acids is 1. The van der Waals surface area contributed by atoms with Gasteiger partial charge in [0.05, 0.1) is 16.6 Å². The predicted molar refractivity (Wildman–Crippen MR) is 137 cm³/mol. The van der Waals surface area contributed by atoms with Gasteiger partial charge in [0.2, 0.25) is 0 Å².